The summed E-state index contributed by atoms with van der Waals surface area (Å²) >= 11 is 0. The lowest BCUT2D eigenvalue weighted by molar-refractivity contribution is -0.152. The molecule has 8 aromatic carbocycles. The van der Waals surface area contributed by atoms with Crippen molar-refractivity contribution in [1.82, 2.24) is 31.7 Å². The van der Waals surface area contributed by atoms with Gasteiger partial charge in [-0.3, -0.25) is 49.4 Å². The number of aryl methyl sites for hydroxylation is 1. The number of fused-ring (bicyclic) bond motifs is 3. The maximum atomic E-state index is 15.0. The van der Waals surface area contributed by atoms with Crippen LogP contribution in [0.5, 0.6) is 17.2 Å². The summed E-state index contributed by atoms with van der Waals surface area (Å²) in [6, 6.07) is 62.9. The van der Waals surface area contributed by atoms with Gasteiger partial charge in [-0.05, 0) is 145 Å². The Labute approximate surface area is 599 Å². The van der Waals surface area contributed by atoms with E-state index in [0.717, 1.165) is 80.0 Å². The van der Waals surface area contributed by atoms with Crippen molar-refractivity contribution in [3.63, 3.8) is 0 Å². The second kappa shape index (κ2) is 32.3. The third kappa shape index (κ3) is 16.1. The first kappa shape index (κ1) is 72.4. The highest BCUT2D eigenvalue weighted by atomic mass is 19.1. The molecule has 4 fully saturated rings. The number of esters is 2. The molecule has 536 valence electrons. The molecule has 22 nitrogen and oxygen atoms in total. The van der Waals surface area contributed by atoms with Gasteiger partial charge in [0.1, 0.15) is 37.1 Å². The van der Waals surface area contributed by atoms with Crippen molar-refractivity contribution in [2.45, 2.75) is 77.7 Å². The number of pyridine rings is 2. The standard InChI is InChI=1S/C29H27N3O4.C27H28FN3O6.C25H25NO5/c1-19-14-21(24-12-5-6-13-26(24)31-19)18-36-23-11-7-10-22(15-23)29(16-25(29)27(33)32-35)28(34)30-17-20-8-3-2-4-9-20;1-35-26(33)27(15-20(27)25(32)30-34)14-17-6-7-23(21(28)12-17)37-16-18-13-24(31-8-10-36-11-9-31)29-22-5-3-2-4-19(18)22;1-2-30-24(28)25(15-22(25)23(27)26-29)14-17-10-12-20(13-11-17)31-16-19-8-5-7-18-6-3-4-9-21(18)19/h2-15,25,35H,16-18H2,1H3,(H,30,34)(H,32,33);2-7,12-13,20,34H,8-11,14-16H2,1H3,(H,30,32);3-13,22,29H,2,14-16H2,1H3,(H,26,27)/t25-,29-;20-,27+;22-,25+/m011/s1. The van der Waals surface area contributed by atoms with Gasteiger partial charge in [-0.2, -0.15) is 0 Å². The van der Waals surface area contributed by atoms with Crippen molar-refractivity contribution in [2.75, 3.05) is 44.9 Å². The van der Waals surface area contributed by atoms with E-state index in [9.17, 15) is 34.0 Å². The van der Waals surface area contributed by atoms with E-state index in [1.807, 2.05) is 165 Å². The van der Waals surface area contributed by atoms with E-state index in [4.69, 9.17) is 43.8 Å². The van der Waals surface area contributed by atoms with Gasteiger partial charge in [0.2, 0.25) is 23.6 Å². The predicted molar refractivity (Wildman–Crippen MR) is 382 cm³/mol. The van der Waals surface area contributed by atoms with Crippen LogP contribution >= 0.6 is 0 Å². The predicted octanol–water partition coefficient (Wildman–Crippen LogP) is 11.3. The molecule has 10 aromatic rings. The van der Waals surface area contributed by atoms with Gasteiger partial charge >= 0.3 is 11.9 Å². The summed E-state index contributed by atoms with van der Waals surface area (Å²) in [5, 5.41) is 34.4. The Bertz CT molecular complexity index is 4790. The normalized spacial score (nSPS) is 19.7. The smallest absolute Gasteiger partial charge is 0.313 e. The van der Waals surface area contributed by atoms with Crippen molar-refractivity contribution in [2.24, 2.45) is 28.6 Å². The van der Waals surface area contributed by atoms with Crippen LogP contribution in [-0.2, 0) is 87.6 Å². The highest BCUT2D eigenvalue weighted by Gasteiger charge is 2.66. The number of hydrogen-bond acceptors (Lipinski definition) is 18. The topological polar surface area (TPSA) is 296 Å². The molecule has 104 heavy (non-hydrogen) atoms. The molecule has 4 aliphatic rings. The van der Waals surface area contributed by atoms with Gasteiger partial charge in [-0.15, -0.1) is 0 Å². The lowest BCUT2D eigenvalue weighted by Gasteiger charge is -2.28. The Kier molecular flexibility index (Phi) is 22.5. The number of hydrogen-bond donors (Lipinski definition) is 7. The lowest BCUT2D eigenvalue weighted by atomic mass is 9.91. The third-order valence-electron chi connectivity index (χ3n) is 19.8. The number of ether oxygens (including phenoxy) is 6. The molecular weight excluding hydrogens is 1330 g/mol. The van der Waals surface area contributed by atoms with E-state index in [0.29, 0.717) is 69.1 Å². The monoisotopic (exact) mass is 1410 g/mol. The van der Waals surface area contributed by atoms with E-state index < -0.39 is 69.5 Å². The number of methoxy groups -OCH3 is 1. The molecule has 1 aliphatic heterocycles. The van der Waals surface area contributed by atoms with Gasteiger partial charge in [-0.25, -0.2) is 25.8 Å². The van der Waals surface area contributed by atoms with E-state index in [1.54, 1.807) is 29.4 Å². The number of morpholine rings is 1. The fourth-order valence-electron chi connectivity index (χ4n) is 14.0. The first-order valence-electron chi connectivity index (χ1n) is 34.3. The number of hydroxylamine groups is 3. The molecule has 3 aliphatic carbocycles. The minimum atomic E-state index is -1.12. The minimum absolute atomic E-state index is 0.0742. The Morgan fingerprint density at radius 2 is 1.12 bits per heavy atom. The first-order valence-corrected chi connectivity index (χ1v) is 34.3. The van der Waals surface area contributed by atoms with Crippen molar-refractivity contribution in [1.29, 1.82) is 0 Å². The van der Waals surface area contributed by atoms with Crippen molar-refractivity contribution in [3.8, 4) is 17.2 Å². The van der Waals surface area contributed by atoms with Crippen molar-refractivity contribution in [3.05, 3.63) is 251 Å². The average Bonchev–Trinajstić information content (AvgIpc) is 1.56. The van der Waals surface area contributed by atoms with Crippen LogP contribution in [0, 0.1) is 41.3 Å². The summed E-state index contributed by atoms with van der Waals surface area (Å²) in [5.41, 5.74) is 10.6. The molecule has 0 spiro atoms. The van der Waals surface area contributed by atoms with Crippen LogP contribution in [0.25, 0.3) is 32.6 Å². The van der Waals surface area contributed by atoms with Gasteiger partial charge in [0.15, 0.2) is 11.6 Å². The fraction of sp³-hybridized carbons (Fsp3) is 0.284. The van der Waals surface area contributed by atoms with E-state index in [1.165, 1.54) is 30.0 Å². The molecule has 14 rings (SSSR count). The van der Waals surface area contributed by atoms with Gasteiger partial charge in [0, 0.05) is 47.2 Å². The SMILES string of the molecule is CCOC(=O)[C@@]1(Cc2ccc(OCc3cccc4ccccc34)cc2)C[C@@H]1C(=O)NO.COC(=O)[C@@]1(Cc2ccc(OCc3cc(N4CCOCC4)nc4ccccc34)c(F)c2)C[C@@H]1C(=O)NO.Cc1cc(COc2cccc([C@@]3(C(=O)NCc4ccccc4)C[C@H]3C(=O)NO)c2)c2ccccc2n1. The van der Waals surface area contributed by atoms with Crippen LogP contribution in [0.3, 0.4) is 0 Å². The summed E-state index contributed by atoms with van der Waals surface area (Å²) in [7, 11) is 1.24. The molecule has 7 N–H and O–H groups in total. The summed E-state index contributed by atoms with van der Waals surface area (Å²) in [6.07, 6.45) is 1.35. The number of rotatable bonds is 24. The highest BCUT2D eigenvalue weighted by molar-refractivity contribution is 6.01. The van der Waals surface area contributed by atoms with E-state index >= 15 is 4.39 Å². The largest absolute Gasteiger partial charge is 0.489 e. The molecular formula is C81H80FN7O15. The molecule has 0 radical (unpaired) electrons. The maximum Gasteiger partial charge on any atom is 0.313 e. The zero-order chi connectivity index (χ0) is 73.0. The number of anilines is 1. The number of nitrogens with one attached hydrogen (secondary N) is 4. The van der Waals surface area contributed by atoms with E-state index in [-0.39, 0.29) is 37.7 Å². The summed E-state index contributed by atoms with van der Waals surface area (Å²) < 4.78 is 48.6. The Hall–Kier alpha value is -11.4. The molecule has 23 heteroatoms. The van der Waals surface area contributed by atoms with Crippen LogP contribution in [0.2, 0.25) is 0 Å². The number of nitrogens with zero attached hydrogens (tertiary/aromatic N) is 3. The van der Waals surface area contributed by atoms with Crippen LogP contribution in [-0.4, -0.2) is 101 Å². The third-order valence-corrected chi connectivity index (χ3v) is 19.8. The van der Waals surface area contributed by atoms with Crippen molar-refractivity contribution < 1.29 is 77.2 Å². The molecule has 3 saturated carbocycles. The maximum absolute atomic E-state index is 15.0. The Morgan fingerprint density at radius 3 is 1.79 bits per heavy atom. The first-order chi connectivity index (χ1) is 50.5. The summed E-state index contributed by atoms with van der Waals surface area (Å²) in [4.78, 5) is 85.8. The molecule has 3 heterocycles. The van der Waals surface area contributed by atoms with Gasteiger partial charge < -0.3 is 38.6 Å². The molecule has 0 unspecified atom stereocenters. The lowest BCUT2D eigenvalue weighted by Crippen LogP contribution is -2.38. The Balaban J connectivity index is 0.000000147. The van der Waals surface area contributed by atoms with Gasteiger partial charge in [0.05, 0.1) is 72.0 Å². The van der Waals surface area contributed by atoms with Crippen LogP contribution in [0.4, 0.5) is 10.2 Å². The molecule has 4 amide bonds. The van der Waals surface area contributed by atoms with Crippen LogP contribution in [0.1, 0.15) is 70.8 Å². The zero-order valence-electron chi connectivity index (χ0n) is 57.6. The molecule has 2 aromatic heterocycles. The molecule has 6 atom stereocenters. The van der Waals surface area contributed by atoms with Crippen LogP contribution < -0.4 is 40.9 Å². The van der Waals surface area contributed by atoms with Crippen LogP contribution in [0.15, 0.2) is 200 Å². The minimum Gasteiger partial charge on any atom is -0.489 e. The number of carbonyl (C=O) groups excluding carboxylic acids is 6. The second-order valence-electron chi connectivity index (χ2n) is 26.4. The summed E-state index contributed by atoms with van der Waals surface area (Å²) in [6.45, 7) is 7.97. The highest BCUT2D eigenvalue weighted by Crippen LogP contribution is 2.58. The number of aromatic nitrogens is 2. The number of para-hydroxylation sites is 2. The quantitative estimate of drug-likeness (QED) is 0.0168. The number of amides is 4. The fourth-order valence-corrected chi connectivity index (χ4v) is 14.0. The summed E-state index contributed by atoms with van der Waals surface area (Å²) in [5.74, 6) is -3.35. The zero-order valence-corrected chi connectivity index (χ0v) is 57.6. The van der Waals surface area contributed by atoms with Crippen molar-refractivity contribution >= 4 is 74.0 Å². The Morgan fingerprint density at radius 1 is 0.548 bits per heavy atom. The average molecular weight is 1410 g/mol. The molecule has 1 saturated heterocycles. The van der Waals surface area contributed by atoms with Gasteiger partial charge in [0.25, 0.3) is 0 Å². The van der Waals surface area contributed by atoms with Gasteiger partial charge in [-0.1, -0.05) is 140 Å². The number of halogens is 1. The molecule has 0 bridgehead atoms. The van der Waals surface area contributed by atoms with E-state index in [2.05, 4.69) is 39.5 Å². The number of carbonyl (C=O) groups is 6. The number of benzene rings is 8. The second-order valence-corrected chi connectivity index (χ2v) is 26.4.